The van der Waals surface area contributed by atoms with Gasteiger partial charge in [-0.2, -0.15) is 9.57 Å². The van der Waals surface area contributed by atoms with Gasteiger partial charge in [-0.15, -0.1) is 11.3 Å². The lowest BCUT2D eigenvalue weighted by molar-refractivity contribution is 0.199. The number of anilines is 1. The SMILES string of the molecule is N#Cc1ccc(N)c(CN(C(COc2ccccc2)Cc2ccccc2)S(=O)(=O)c2cccs2)c1. The summed E-state index contributed by atoms with van der Waals surface area (Å²) in [5, 5.41) is 11.1. The lowest BCUT2D eigenvalue weighted by Gasteiger charge is -2.31. The fourth-order valence-electron chi connectivity index (χ4n) is 3.76. The van der Waals surface area contributed by atoms with E-state index in [1.807, 2.05) is 60.7 Å². The molecule has 0 aliphatic heterocycles. The second-order valence-electron chi connectivity index (χ2n) is 7.98. The van der Waals surface area contributed by atoms with Crippen molar-refractivity contribution in [2.24, 2.45) is 0 Å². The lowest BCUT2D eigenvalue weighted by Crippen LogP contribution is -2.44. The van der Waals surface area contributed by atoms with Crippen molar-refractivity contribution in [1.29, 1.82) is 5.26 Å². The van der Waals surface area contributed by atoms with E-state index >= 15 is 0 Å². The minimum atomic E-state index is -3.88. The Kier molecular flexibility index (Phi) is 7.83. The Balaban J connectivity index is 1.76. The average Bonchev–Trinajstić information content (AvgIpc) is 3.44. The van der Waals surface area contributed by atoms with Crippen LogP contribution in [0.5, 0.6) is 5.75 Å². The Hall–Kier alpha value is -3.64. The molecule has 0 saturated heterocycles. The summed E-state index contributed by atoms with van der Waals surface area (Å²) in [6, 6.07) is 28.8. The number of nitrogen functional groups attached to an aromatic ring is 1. The van der Waals surface area contributed by atoms with Crippen molar-refractivity contribution in [1.82, 2.24) is 4.31 Å². The van der Waals surface area contributed by atoms with Gasteiger partial charge in [0, 0.05) is 12.2 Å². The maximum absolute atomic E-state index is 13.9. The van der Waals surface area contributed by atoms with Crippen molar-refractivity contribution in [3.8, 4) is 11.8 Å². The molecule has 0 aliphatic carbocycles. The standard InChI is InChI=1S/C27H25N3O3S2/c28-18-22-13-14-26(29)23(16-22)19-30(35(31,32)27-12-7-15-34-27)24(17-21-8-3-1-4-9-21)20-33-25-10-5-2-6-11-25/h1-16,24H,17,19-20,29H2. The molecule has 0 fully saturated rings. The number of thiophene rings is 1. The van der Waals surface area contributed by atoms with Gasteiger partial charge in [-0.05, 0) is 59.3 Å². The highest BCUT2D eigenvalue weighted by atomic mass is 32.2. The molecule has 2 N–H and O–H groups in total. The summed E-state index contributed by atoms with van der Waals surface area (Å²) in [5.74, 6) is 0.657. The first-order chi connectivity index (χ1) is 17.0. The normalized spacial score (nSPS) is 12.2. The van der Waals surface area contributed by atoms with E-state index in [1.54, 1.807) is 35.7 Å². The van der Waals surface area contributed by atoms with Gasteiger partial charge in [-0.1, -0.05) is 54.6 Å². The van der Waals surface area contributed by atoms with Crippen molar-refractivity contribution in [2.75, 3.05) is 12.3 Å². The molecule has 0 bridgehead atoms. The van der Waals surface area contributed by atoms with Crippen molar-refractivity contribution < 1.29 is 13.2 Å². The van der Waals surface area contributed by atoms with Crippen LogP contribution in [0, 0.1) is 11.3 Å². The molecule has 6 nitrogen and oxygen atoms in total. The smallest absolute Gasteiger partial charge is 0.253 e. The van der Waals surface area contributed by atoms with Gasteiger partial charge in [-0.25, -0.2) is 8.42 Å². The fourth-order valence-corrected chi connectivity index (χ4v) is 6.46. The fraction of sp³-hybridized carbons (Fsp3) is 0.148. The first-order valence-electron chi connectivity index (χ1n) is 11.0. The van der Waals surface area contributed by atoms with Crippen LogP contribution in [0.1, 0.15) is 16.7 Å². The Bertz CT molecular complexity index is 1380. The van der Waals surface area contributed by atoms with E-state index in [0.717, 1.165) is 16.9 Å². The first kappa shape index (κ1) is 24.5. The number of sulfonamides is 1. The first-order valence-corrected chi connectivity index (χ1v) is 13.3. The van der Waals surface area contributed by atoms with Gasteiger partial charge in [0.1, 0.15) is 16.6 Å². The highest BCUT2D eigenvalue weighted by Crippen LogP contribution is 2.28. The molecular weight excluding hydrogens is 478 g/mol. The monoisotopic (exact) mass is 503 g/mol. The van der Waals surface area contributed by atoms with Crippen molar-refractivity contribution >= 4 is 27.0 Å². The van der Waals surface area contributed by atoms with E-state index in [4.69, 9.17) is 10.5 Å². The molecule has 1 aromatic heterocycles. The van der Waals surface area contributed by atoms with Crippen LogP contribution in [0.4, 0.5) is 5.69 Å². The van der Waals surface area contributed by atoms with Crippen molar-refractivity contribution in [3.63, 3.8) is 0 Å². The minimum Gasteiger partial charge on any atom is -0.492 e. The molecule has 0 radical (unpaired) electrons. The van der Waals surface area contributed by atoms with Crippen LogP contribution in [0.3, 0.4) is 0 Å². The second-order valence-corrected chi connectivity index (χ2v) is 11.0. The molecule has 0 aliphatic rings. The number of rotatable bonds is 10. The average molecular weight is 504 g/mol. The zero-order valence-electron chi connectivity index (χ0n) is 18.9. The van der Waals surface area contributed by atoms with Crippen LogP contribution in [0.2, 0.25) is 0 Å². The quantitative estimate of drug-likeness (QED) is 0.304. The van der Waals surface area contributed by atoms with E-state index in [-0.39, 0.29) is 17.4 Å². The topological polar surface area (TPSA) is 96.4 Å². The van der Waals surface area contributed by atoms with Crippen LogP contribution < -0.4 is 10.5 Å². The molecule has 4 aromatic rings. The summed E-state index contributed by atoms with van der Waals surface area (Å²) in [4.78, 5) is 0. The van der Waals surface area contributed by atoms with E-state index in [1.165, 1.54) is 4.31 Å². The molecule has 1 unspecified atom stereocenters. The minimum absolute atomic E-state index is 0.0111. The summed E-state index contributed by atoms with van der Waals surface area (Å²) in [6.45, 7) is 0.151. The highest BCUT2D eigenvalue weighted by molar-refractivity contribution is 7.91. The Morgan fingerprint density at radius 2 is 1.69 bits per heavy atom. The van der Waals surface area contributed by atoms with Crippen LogP contribution in [-0.4, -0.2) is 25.4 Å². The predicted molar refractivity (Wildman–Crippen MR) is 138 cm³/mol. The number of nitrogens with two attached hydrogens (primary N) is 1. The number of ether oxygens (including phenoxy) is 1. The third-order valence-corrected chi connectivity index (χ3v) is 8.83. The zero-order valence-corrected chi connectivity index (χ0v) is 20.6. The maximum atomic E-state index is 13.9. The van der Waals surface area contributed by atoms with Gasteiger partial charge in [0.2, 0.25) is 0 Å². The number of nitriles is 1. The van der Waals surface area contributed by atoms with Gasteiger partial charge >= 0.3 is 0 Å². The number of hydrogen-bond donors (Lipinski definition) is 1. The summed E-state index contributed by atoms with van der Waals surface area (Å²) in [5.41, 5.74) is 8.62. The third-order valence-electron chi connectivity index (χ3n) is 5.56. The Morgan fingerprint density at radius 1 is 0.971 bits per heavy atom. The molecular formula is C27H25N3O3S2. The summed E-state index contributed by atoms with van der Waals surface area (Å²) in [7, 11) is -3.88. The van der Waals surface area contributed by atoms with Gasteiger partial charge in [0.25, 0.3) is 10.0 Å². The molecule has 1 atom stereocenters. The lowest BCUT2D eigenvalue weighted by atomic mass is 10.0. The van der Waals surface area contributed by atoms with Crippen LogP contribution in [0.25, 0.3) is 0 Å². The molecule has 4 rings (SSSR count). The largest absolute Gasteiger partial charge is 0.492 e. The Morgan fingerprint density at radius 3 is 2.34 bits per heavy atom. The summed E-state index contributed by atoms with van der Waals surface area (Å²) >= 11 is 1.16. The van der Waals surface area contributed by atoms with Crippen molar-refractivity contribution in [2.45, 2.75) is 23.2 Å². The third kappa shape index (κ3) is 6.08. The van der Waals surface area contributed by atoms with Crippen LogP contribution >= 0.6 is 11.3 Å². The maximum Gasteiger partial charge on any atom is 0.253 e. The Labute approximate surface area is 209 Å². The van der Waals surface area contributed by atoms with E-state index in [2.05, 4.69) is 6.07 Å². The van der Waals surface area contributed by atoms with Crippen LogP contribution in [0.15, 0.2) is 101 Å². The van der Waals surface area contributed by atoms with Gasteiger partial charge in [0.15, 0.2) is 0 Å². The highest BCUT2D eigenvalue weighted by Gasteiger charge is 2.33. The zero-order chi connectivity index (χ0) is 24.7. The van der Waals surface area contributed by atoms with Gasteiger partial charge < -0.3 is 10.5 Å². The molecule has 3 aromatic carbocycles. The predicted octanol–water partition coefficient (Wildman–Crippen LogP) is 5.08. The number of nitrogens with zero attached hydrogens (tertiary/aromatic N) is 2. The molecule has 8 heteroatoms. The molecule has 1 heterocycles. The van der Waals surface area contributed by atoms with E-state index in [9.17, 15) is 13.7 Å². The van der Waals surface area contributed by atoms with Crippen LogP contribution in [-0.2, 0) is 23.0 Å². The van der Waals surface area contributed by atoms with Gasteiger partial charge in [-0.3, -0.25) is 0 Å². The number of hydrogen-bond acceptors (Lipinski definition) is 6. The molecule has 35 heavy (non-hydrogen) atoms. The molecule has 0 spiro atoms. The second kappa shape index (κ2) is 11.2. The number of para-hydroxylation sites is 1. The molecule has 0 amide bonds. The van der Waals surface area contributed by atoms with Gasteiger partial charge in [0.05, 0.1) is 17.7 Å². The number of benzene rings is 3. The molecule has 178 valence electrons. The van der Waals surface area contributed by atoms with E-state index < -0.39 is 16.1 Å². The van der Waals surface area contributed by atoms with Crippen molar-refractivity contribution in [3.05, 3.63) is 113 Å². The van der Waals surface area contributed by atoms with E-state index in [0.29, 0.717) is 29.0 Å². The molecule has 0 saturated carbocycles. The summed E-state index contributed by atoms with van der Waals surface area (Å²) in [6.07, 6.45) is 0.441. The summed E-state index contributed by atoms with van der Waals surface area (Å²) < 4.78 is 35.5.